The second-order valence-electron chi connectivity index (χ2n) is 7.01. The van der Waals surface area contributed by atoms with Crippen molar-refractivity contribution in [3.05, 3.63) is 65.2 Å². The quantitative estimate of drug-likeness (QED) is 0.386. The molecule has 0 unspecified atom stereocenters. The second-order valence-corrected chi connectivity index (χ2v) is 7.01. The van der Waals surface area contributed by atoms with Crippen molar-refractivity contribution in [2.75, 3.05) is 28.4 Å². The number of fused-ring (bicyclic) bond motifs is 3. The molecular weight excluding hydrogens is 423 g/mol. The molecular formula is C24H20F3NO4. The fourth-order valence-corrected chi connectivity index (χ4v) is 3.72. The molecule has 0 N–H and O–H groups in total. The molecule has 1 aliphatic rings. The lowest BCUT2D eigenvalue weighted by atomic mass is 10.0. The van der Waals surface area contributed by atoms with Crippen LogP contribution in [0.3, 0.4) is 0 Å². The van der Waals surface area contributed by atoms with Crippen LogP contribution in [0.1, 0.15) is 16.7 Å². The number of benzene rings is 3. The maximum absolute atomic E-state index is 12.9. The van der Waals surface area contributed by atoms with Crippen molar-refractivity contribution in [1.82, 2.24) is 0 Å². The van der Waals surface area contributed by atoms with Gasteiger partial charge in [0.15, 0.2) is 23.0 Å². The van der Waals surface area contributed by atoms with Gasteiger partial charge in [-0.05, 0) is 59.7 Å². The van der Waals surface area contributed by atoms with E-state index in [2.05, 4.69) is 4.99 Å². The lowest BCUT2D eigenvalue weighted by molar-refractivity contribution is -0.137. The van der Waals surface area contributed by atoms with Gasteiger partial charge in [-0.25, -0.2) is 4.99 Å². The minimum Gasteiger partial charge on any atom is -0.493 e. The molecule has 0 saturated heterocycles. The van der Waals surface area contributed by atoms with Gasteiger partial charge < -0.3 is 18.9 Å². The summed E-state index contributed by atoms with van der Waals surface area (Å²) in [5, 5.41) is 0. The third kappa shape index (κ3) is 3.62. The minimum absolute atomic E-state index is 0.386. The summed E-state index contributed by atoms with van der Waals surface area (Å²) in [6.07, 6.45) is -4.41. The Kier molecular flexibility index (Phi) is 5.46. The average Bonchev–Trinajstić information content (AvgIpc) is 3.08. The molecule has 4 rings (SSSR count). The Morgan fingerprint density at radius 1 is 0.594 bits per heavy atom. The number of alkyl halides is 3. The molecule has 0 saturated carbocycles. The van der Waals surface area contributed by atoms with Crippen LogP contribution in [0.15, 0.2) is 53.5 Å². The Morgan fingerprint density at radius 3 is 1.31 bits per heavy atom. The number of nitrogens with zero attached hydrogens (tertiary/aromatic N) is 1. The highest BCUT2D eigenvalue weighted by Crippen LogP contribution is 2.47. The summed E-state index contributed by atoms with van der Waals surface area (Å²) >= 11 is 0. The molecule has 8 heteroatoms. The standard InChI is InChI=1S/C24H20F3NO4/c1-29-19-9-15-16-10-20(30-2)22(32-4)12-18(16)23(17(15)11-21(19)31-3)28-14-7-5-13(6-8-14)24(25,26)27/h5-12H,1-4H3. The molecule has 0 radical (unpaired) electrons. The van der Waals surface area contributed by atoms with E-state index >= 15 is 0 Å². The Bertz CT molecular complexity index is 1140. The zero-order chi connectivity index (χ0) is 23.0. The second kappa shape index (κ2) is 8.11. The topological polar surface area (TPSA) is 49.3 Å². The van der Waals surface area contributed by atoms with Gasteiger partial charge in [0.1, 0.15) is 0 Å². The van der Waals surface area contributed by atoms with Crippen molar-refractivity contribution in [2.24, 2.45) is 4.99 Å². The van der Waals surface area contributed by atoms with E-state index in [9.17, 15) is 13.2 Å². The van der Waals surface area contributed by atoms with Crippen LogP contribution in [0.2, 0.25) is 0 Å². The molecule has 3 aromatic rings. The van der Waals surface area contributed by atoms with Gasteiger partial charge in [-0.3, -0.25) is 0 Å². The molecule has 0 fully saturated rings. The summed E-state index contributed by atoms with van der Waals surface area (Å²) in [6, 6.07) is 12.0. The van der Waals surface area contributed by atoms with E-state index in [0.717, 1.165) is 34.4 Å². The van der Waals surface area contributed by atoms with Crippen molar-refractivity contribution in [3.63, 3.8) is 0 Å². The molecule has 166 valence electrons. The summed E-state index contributed by atoms with van der Waals surface area (Å²) in [5.41, 5.74) is 3.42. The molecule has 0 heterocycles. The first-order valence-electron chi connectivity index (χ1n) is 9.59. The van der Waals surface area contributed by atoms with E-state index in [-0.39, 0.29) is 0 Å². The van der Waals surface area contributed by atoms with Crippen molar-refractivity contribution in [1.29, 1.82) is 0 Å². The zero-order valence-electron chi connectivity index (χ0n) is 17.8. The van der Waals surface area contributed by atoms with Gasteiger partial charge in [0.25, 0.3) is 0 Å². The fourth-order valence-electron chi connectivity index (χ4n) is 3.72. The van der Waals surface area contributed by atoms with Crippen LogP contribution in [0.4, 0.5) is 18.9 Å². The molecule has 1 aliphatic carbocycles. The fraction of sp³-hybridized carbons (Fsp3) is 0.208. The summed E-state index contributed by atoms with van der Waals surface area (Å²) in [7, 11) is 6.16. The van der Waals surface area contributed by atoms with Crippen molar-refractivity contribution < 1.29 is 32.1 Å². The molecule has 0 atom stereocenters. The maximum atomic E-state index is 12.9. The van der Waals surface area contributed by atoms with Crippen LogP contribution in [0.25, 0.3) is 11.1 Å². The molecule has 0 aromatic heterocycles. The Hall–Kier alpha value is -3.68. The number of hydrogen-bond donors (Lipinski definition) is 0. The van der Waals surface area contributed by atoms with E-state index in [1.807, 2.05) is 12.1 Å². The van der Waals surface area contributed by atoms with Crippen LogP contribution in [0.5, 0.6) is 23.0 Å². The zero-order valence-corrected chi connectivity index (χ0v) is 17.8. The van der Waals surface area contributed by atoms with E-state index in [4.69, 9.17) is 18.9 Å². The number of methoxy groups -OCH3 is 4. The first kappa shape index (κ1) is 21.5. The minimum atomic E-state index is -4.41. The number of hydrogen-bond acceptors (Lipinski definition) is 5. The van der Waals surface area contributed by atoms with Gasteiger partial charge in [0.2, 0.25) is 0 Å². The van der Waals surface area contributed by atoms with Gasteiger partial charge in [-0.2, -0.15) is 13.2 Å². The molecule has 0 amide bonds. The third-order valence-electron chi connectivity index (χ3n) is 5.28. The summed E-state index contributed by atoms with van der Waals surface area (Å²) < 4.78 is 60.6. The maximum Gasteiger partial charge on any atom is 0.416 e. The van der Waals surface area contributed by atoms with Gasteiger partial charge in [-0.15, -0.1) is 0 Å². The van der Waals surface area contributed by atoms with Crippen LogP contribution in [-0.2, 0) is 6.18 Å². The van der Waals surface area contributed by atoms with E-state index in [0.29, 0.717) is 34.4 Å². The smallest absolute Gasteiger partial charge is 0.416 e. The Labute approximate surface area is 183 Å². The molecule has 0 bridgehead atoms. The normalized spacial score (nSPS) is 12.2. The molecule has 3 aromatic carbocycles. The van der Waals surface area contributed by atoms with Gasteiger partial charge in [0, 0.05) is 11.1 Å². The molecule has 32 heavy (non-hydrogen) atoms. The summed E-state index contributed by atoms with van der Waals surface area (Å²) in [5.74, 6) is 2.11. The predicted molar refractivity (Wildman–Crippen MR) is 115 cm³/mol. The van der Waals surface area contributed by atoms with E-state index in [1.165, 1.54) is 26.4 Å². The van der Waals surface area contributed by atoms with Crippen molar-refractivity contribution in [2.45, 2.75) is 6.18 Å². The first-order chi connectivity index (χ1) is 15.3. The molecule has 0 aliphatic heterocycles. The molecule has 0 spiro atoms. The largest absolute Gasteiger partial charge is 0.493 e. The summed E-state index contributed by atoms with van der Waals surface area (Å²) in [4.78, 5) is 4.68. The predicted octanol–water partition coefficient (Wildman–Crippen LogP) is 5.89. The highest BCUT2D eigenvalue weighted by molar-refractivity contribution is 6.26. The SMILES string of the molecule is COc1cc2c(cc1OC)-c1cc(OC)c(OC)cc1C2=Nc1ccc(C(F)(F)F)cc1. The van der Waals surface area contributed by atoms with Crippen LogP contribution in [0, 0.1) is 0 Å². The van der Waals surface area contributed by atoms with Gasteiger partial charge in [0.05, 0.1) is 45.4 Å². The Morgan fingerprint density at radius 2 is 0.969 bits per heavy atom. The van der Waals surface area contributed by atoms with Crippen molar-refractivity contribution >= 4 is 11.4 Å². The van der Waals surface area contributed by atoms with E-state index in [1.54, 1.807) is 26.4 Å². The number of rotatable bonds is 5. The van der Waals surface area contributed by atoms with Crippen LogP contribution < -0.4 is 18.9 Å². The Balaban J connectivity index is 1.94. The number of halogens is 3. The lowest BCUT2D eigenvalue weighted by Gasteiger charge is -2.11. The van der Waals surface area contributed by atoms with Crippen LogP contribution in [-0.4, -0.2) is 34.2 Å². The third-order valence-corrected chi connectivity index (χ3v) is 5.28. The number of aliphatic imine (C=N–C) groups is 1. The summed E-state index contributed by atoms with van der Waals surface area (Å²) in [6.45, 7) is 0. The first-order valence-corrected chi connectivity index (χ1v) is 9.59. The van der Waals surface area contributed by atoms with Gasteiger partial charge in [-0.1, -0.05) is 0 Å². The van der Waals surface area contributed by atoms with E-state index < -0.39 is 11.7 Å². The number of ether oxygens (including phenoxy) is 4. The average molecular weight is 443 g/mol. The highest BCUT2D eigenvalue weighted by atomic mass is 19.4. The van der Waals surface area contributed by atoms with Gasteiger partial charge >= 0.3 is 6.18 Å². The molecule has 5 nitrogen and oxygen atoms in total. The highest BCUT2D eigenvalue weighted by Gasteiger charge is 2.31. The lowest BCUT2D eigenvalue weighted by Crippen LogP contribution is -2.04. The van der Waals surface area contributed by atoms with Crippen molar-refractivity contribution in [3.8, 4) is 34.1 Å². The van der Waals surface area contributed by atoms with Crippen LogP contribution >= 0.6 is 0 Å². The monoisotopic (exact) mass is 443 g/mol.